The van der Waals surface area contributed by atoms with Gasteiger partial charge in [-0.3, -0.25) is 0 Å². The van der Waals surface area contributed by atoms with Crippen molar-refractivity contribution in [2.45, 2.75) is 26.7 Å². The first-order valence-electron chi connectivity index (χ1n) is 5.18. The van der Waals surface area contributed by atoms with E-state index in [0.29, 0.717) is 5.92 Å². The zero-order valence-electron chi connectivity index (χ0n) is 9.04. The highest BCUT2D eigenvalue weighted by atomic mass is 14.1. The van der Waals surface area contributed by atoms with Crippen LogP contribution < -0.4 is 0 Å². The molecule has 0 nitrogen and oxygen atoms in total. The molecule has 0 amide bonds. The Balaban J connectivity index is 2.75. The first-order valence-corrected chi connectivity index (χ1v) is 5.18. The molecule has 0 saturated heterocycles. The van der Waals surface area contributed by atoms with Crippen LogP contribution in [0.25, 0.3) is 10.8 Å². The van der Waals surface area contributed by atoms with Crippen molar-refractivity contribution in [2.75, 3.05) is 0 Å². The largest absolute Gasteiger partial charge is 0.0616 e. The Morgan fingerprint density at radius 1 is 0.929 bits per heavy atom. The number of benzene rings is 2. The molecule has 2 aromatic rings. The van der Waals surface area contributed by atoms with Gasteiger partial charge in [-0.2, -0.15) is 0 Å². The average molecular weight is 184 g/mol. The van der Waals surface area contributed by atoms with Crippen molar-refractivity contribution in [1.29, 1.82) is 0 Å². The Labute approximate surface area is 85.6 Å². The molecule has 0 bridgehead atoms. The SMILES string of the molecule is Cc1c(C(C)C)ccc2ccccc12. The fraction of sp³-hybridized carbons (Fsp3) is 0.286. The van der Waals surface area contributed by atoms with Crippen molar-refractivity contribution in [2.24, 2.45) is 0 Å². The molecule has 0 spiro atoms. The summed E-state index contributed by atoms with van der Waals surface area (Å²) in [6.07, 6.45) is 0. The van der Waals surface area contributed by atoms with Crippen LogP contribution in [-0.4, -0.2) is 0 Å². The van der Waals surface area contributed by atoms with Crippen molar-refractivity contribution in [1.82, 2.24) is 0 Å². The van der Waals surface area contributed by atoms with Gasteiger partial charge in [0.15, 0.2) is 0 Å². The molecular weight excluding hydrogens is 168 g/mol. The van der Waals surface area contributed by atoms with E-state index < -0.39 is 0 Å². The summed E-state index contributed by atoms with van der Waals surface area (Å²) in [6, 6.07) is 13.1. The van der Waals surface area contributed by atoms with Gasteiger partial charge in [0.05, 0.1) is 0 Å². The Kier molecular flexibility index (Phi) is 2.28. The van der Waals surface area contributed by atoms with Gasteiger partial charge in [0.1, 0.15) is 0 Å². The molecule has 2 rings (SSSR count). The molecule has 0 saturated carbocycles. The van der Waals surface area contributed by atoms with Gasteiger partial charge in [0.2, 0.25) is 0 Å². The minimum Gasteiger partial charge on any atom is -0.0616 e. The lowest BCUT2D eigenvalue weighted by molar-refractivity contribution is 0.859. The van der Waals surface area contributed by atoms with Crippen molar-refractivity contribution in [3.8, 4) is 0 Å². The van der Waals surface area contributed by atoms with Gasteiger partial charge in [-0.1, -0.05) is 50.2 Å². The van der Waals surface area contributed by atoms with E-state index >= 15 is 0 Å². The predicted molar refractivity (Wildman–Crippen MR) is 62.8 cm³/mol. The maximum atomic E-state index is 2.25. The van der Waals surface area contributed by atoms with Gasteiger partial charge in [-0.25, -0.2) is 0 Å². The van der Waals surface area contributed by atoms with Gasteiger partial charge in [-0.05, 0) is 34.7 Å². The van der Waals surface area contributed by atoms with E-state index in [4.69, 9.17) is 0 Å². The van der Waals surface area contributed by atoms with Gasteiger partial charge in [0.25, 0.3) is 0 Å². The van der Waals surface area contributed by atoms with Gasteiger partial charge in [-0.15, -0.1) is 0 Å². The number of fused-ring (bicyclic) bond motifs is 1. The standard InChI is InChI=1S/C14H16/c1-10(2)13-9-8-12-6-4-5-7-14(12)11(13)3/h4-10H,1-3H3. The van der Waals surface area contributed by atoms with Crippen molar-refractivity contribution < 1.29 is 0 Å². The summed E-state index contributed by atoms with van der Waals surface area (Å²) < 4.78 is 0. The molecule has 0 heteroatoms. The molecule has 0 aliphatic rings. The van der Waals surface area contributed by atoms with Crippen LogP contribution in [0, 0.1) is 6.92 Å². The lowest BCUT2D eigenvalue weighted by Crippen LogP contribution is -1.92. The minimum atomic E-state index is 0.611. The van der Waals surface area contributed by atoms with Crippen LogP contribution in [0.4, 0.5) is 0 Å². The highest BCUT2D eigenvalue weighted by molar-refractivity contribution is 5.86. The van der Waals surface area contributed by atoms with Crippen LogP contribution in [0.1, 0.15) is 30.9 Å². The summed E-state index contributed by atoms with van der Waals surface area (Å²) in [5.74, 6) is 0.611. The fourth-order valence-corrected chi connectivity index (χ4v) is 2.07. The lowest BCUT2D eigenvalue weighted by Gasteiger charge is -2.12. The third-order valence-electron chi connectivity index (χ3n) is 2.86. The highest BCUT2D eigenvalue weighted by Gasteiger charge is 2.05. The molecule has 0 heterocycles. The second kappa shape index (κ2) is 3.45. The van der Waals surface area contributed by atoms with Crippen LogP contribution in [0.15, 0.2) is 36.4 Å². The van der Waals surface area contributed by atoms with E-state index in [1.807, 2.05) is 0 Å². The third kappa shape index (κ3) is 1.41. The van der Waals surface area contributed by atoms with Crippen molar-refractivity contribution in [3.63, 3.8) is 0 Å². The second-order valence-electron chi connectivity index (χ2n) is 4.16. The Hall–Kier alpha value is -1.30. The smallest absolute Gasteiger partial charge is 0.0152 e. The van der Waals surface area contributed by atoms with E-state index in [-0.39, 0.29) is 0 Å². The molecule has 0 aliphatic heterocycles. The first kappa shape index (κ1) is 9.26. The Morgan fingerprint density at radius 3 is 2.36 bits per heavy atom. The van der Waals surface area contributed by atoms with Gasteiger partial charge < -0.3 is 0 Å². The first-order chi connectivity index (χ1) is 6.70. The van der Waals surface area contributed by atoms with E-state index in [9.17, 15) is 0 Å². The number of rotatable bonds is 1. The second-order valence-corrected chi connectivity index (χ2v) is 4.16. The number of aryl methyl sites for hydroxylation is 1. The molecule has 14 heavy (non-hydrogen) atoms. The van der Waals surface area contributed by atoms with Crippen LogP contribution in [0.3, 0.4) is 0 Å². The van der Waals surface area contributed by atoms with Gasteiger partial charge in [0, 0.05) is 0 Å². The molecule has 0 unspecified atom stereocenters. The zero-order valence-corrected chi connectivity index (χ0v) is 9.04. The molecule has 2 aromatic carbocycles. The maximum absolute atomic E-state index is 2.25. The summed E-state index contributed by atoms with van der Waals surface area (Å²) in [5, 5.41) is 2.73. The van der Waals surface area contributed by atoms with E-state index in [1.165, 1.54) is 21.9 Å². The van der Waals surface area contributed by atoms with Crippen LogP contribution in [0.5, 0.6) is 0 Å². The molecule has 0 radical (unpaired) electrons. The number of hydrogen-bond donors (Lipinski definition) is 0. The molecule has 0 N–H and O–H groups in total. The van der Waals surface area contributed by atoms with Gasteiger partial charge >= 0.3 is 0 Å². The Bertz CT molecular complexity index is 453. The molecule has 72 valence electrons. The molecule has 0 fully saturated rings. The monoisotopic (exact) mass is 184 g/mol. The summed E-state index contributed by atoms with van der Waals surface area (Å²) >= 11 is 0. The van der Waals surface area contributed by atoms with Crippen LogP contribution in [0.2, 0.25) is 0 Å². The summed E-state index contributed by atoms with van der Waals surface area (Å²) in [4.78, 5) is 0. The average Bonchev–Trinajstić information content (AvgIpc) is 2.18. The van der Waals surface area contributed by atoms with E-state index in [1.54, 1.807) is 0 Å². The maximum Gasteiger partial charge on any atom is -0.0152 e. The summed E-state index contributed by atoms with van der Waals surface area (Å²) in [6.45, 7) is 6.71. The number of hydrogen-bond acceptors (Lipinski definition) is 0. The third-order valence-corrected chi connectivity index (χ3v) is 2.86. The highest BCUT2D eigenvalue weighted by Crippen LogP contribution is 2.26. The fourth-order valence-electron chi connectivity index (χ4n) is 2.07. The van der Waals surface area contributed by atoms with Crippen molar-refractivity contribution >= 4 is 10.8 Å². The molecule has 0 aromatic heterocycles. The summed E-state index contributed by atoms with van der Waals surface area (Å²) in [7, 11) is 0. The molecular formula is C14H16. The predicted octanol–water partition coefficient (Wildman–Crippen LogP) is 4.27. The normalized spacial score (nSPS) is 11.1. The van der Waals surface area contributed by atoms with Crippen LogP contribution in [-0.2, 0) is 0 Å². The quantitative estimate of drug-likeness (QED) is 0.620. The molecule has 0 aliphatic carbocycles. The topological polar surface area (TPSA) is 0 Å². The molecule has 0 atom stereocenters. The van der Waals surface area contributed by atoms with E-state index in [0.717, 1.165) is 0 Å². The summed E-state index contributed by atoms with van der Waals surface area (Å²) in [5.41, 5.74) is 2.89. The lowest BCUT2D eigenvalue weighted by atomic mass is 9.93. The van der Waals surface area contributed by atoms with E-state index in [2.05, 4.69) is 57.2 Å². The minimum absolute atomic E-state index is 0.611. The Morgan fingerprint density at radius 2 is 1.64 bits per heavy atom. The zero-order chi connectivity index (χ0) is 10.1. The van der Waals surface area contributed by atoms with Crippen molar-refractivity contribution in [3.05, 3.63) is 47.5 Å². The van der Waals surface area contributed by atoms with Crippen LogP contribution >= 0.6 is 0 Å².